The van der Waals surface area contributed by atoms with Gasteiger partial charge in [0.05, 0.1) is 15.3 Å². The van der Waals surface area contributed by atoms with E-state index in [0.29, 0.717) is 30.5 Å². The first-order valence-electron chi connectivity index (χ1n) is 7.30. The molecule has 2 atom stereocenters. The Morgan fingerprint density at radius 3 is 3.00 bits per heavy atom. The summed E-state index contributed by atoms with van der Waals surface area (Å²) in [6.45, 7) is 0. The summed E-state index contributed by atoms with van der Waals surface area (Å²) in [5, 5.41) is 11.0. The topological polar surface area (TPSA) is 92.5 Å². The molecule has 1 aliphatic rings. The van der Waals surface area contributed by atoms with Crippen LogP contribution in [0.15, 0.2) is 28.6 Å². The van der Waals surface area contributed by atoms with Gasteiger partial charge in [0, 0.05) is 25.6 Å². The molecule has 1 fully saturated rings. The minimum absolute atomic E-state index is 0. The molecule has 0 saturated heterocycles. The predicted octanol–water partition coefficient (Wildman–Crippen LogP) is 4.82. The van der Waals surface area contributed by atoms with Crippen molar-refractivity contribution < 1.29 is 0 Å². The molecule has 0 spiro atoms. The van der Waals surface area contributed by atoms with Crippen molar-refractivity contribution in [3.05, 3.63) is 35.1 Å². The Balaban J connectivity index is 0.00000182. The van der Waals surface area contributed by atoms with Crippen molar-refractivity contribution in [2.24, 2.45) is 5.50 Å². The monoisotopic (exact) mass is 430 g/mol. The molecule has 6 nitrogen and oxygen atoms in total. The summed E-state index contributed by atoms with van der Waals surface area (Å²) in [6, 6.07) is 6.04. The Hall–Kier alpha value is -0.750. The van der Waals surface area contributed by atoms with Gasteiger partial charge in [-0.3, -0.25) is 5.10 Å². The molecule has 1 aliphatic carbocycles. The van der Waals surface area contributed by atoms with Gasteiger partial charge in [-0.1, -0.05) is 23.0 Å². The fourth-order valence-electron chi connectivity index (χ4n) is 2.25. The summed E-state index contributed by atoms with van der Waals surface area (Å²) >= 11 is 9.47. The van der Waals surface area contributed by atoms with Gasteiger partial charge in [0.15, 0.2) is 17.5 Å². The highest BCUT2D eigenvalue weighted by Gasteiger charge is 2.25. The largest absolute Gasteiger partial charge is 0.322 e. The molecule has 132 valence electrons. The second-order valence-electron chi connectivity index (χ2n) is 5.34. The third kappa shape index (κ3) is 4.51. The fourth-order valence-corrected chi connectivity index (χ4v) is 5.12. The van der Waals surface area contributed by atoms with Crippen LogP contribution in [0.25, 0.3) is 10.7 Å². The maximum Gasteiger partial charge on any atom is 0.171 e. The quantitative estimate of drug-likeness (QED) is 0.485. The van der Waals surface area contributed by atoms with Gasteiger partial charge in [-0.05, 0) is 25.0 Å². The number of H-pyrrole nitrogens is 1. The third-order valence-corrected chi connectivity index (χ3v) is 7.13. The third-order valence-electron chi connectivity index (χ3n) is 3.57. The molecular weight excluding hydrogens is 414 g/mol. The lowest BCUT2D eigenvalue weighted by molar-refractivity contribution is 0.966. The Morgan fingerprint density at radius 1 is 1.40 bits per heavy atom. The average Bonchev–Trinajstić information content (AvgIpc) is 3.14. The van der Waals surface area contributed by atoms with Crippen molar-refractivity contribution >= 4 is 63.8 Å². The van der Waals surface area contributed by atoms with E-state index in [4.69, 9.17) is 17.1 Å². The first-order valence-corrected chi connectivity index (χ1v) is 11.1. The van der Waals surface area contributed by atoms with Crippen LogP contribution in [0.5, 0.6) is 0 Å². The molecule has 3 aromatic rings. The van der Waals surface area contributed by atoms with Gasteiger partial charge in [-0.25, -0.2) is 9.97 Å². The lowest BCUT2D eigenvalue weighted by Gasteiger charge is -2.05. The van der Waals surface area contributed by atoms with E-state index in [0.717, 1.165) is 20.6 Å². The zero-order valence-electron chi connectivity index (χ0n) is 13.1. The molecule has 0 aromatic carbocycles. The van der Waals surface area contributed by atoms with Gasteiger partial charge in [-0.2, -0.15) is 15.0 Å². The van der Waals surface area contributed by atoms with Gasteiger partial charge >= 0.3 is 0 Å². The Labute approximate surface area is 163 Å². The molecule has 3 heterocycles. The van der Waals surface area contributed by atoms with Crippen molar-refractivity contribution in [3.63, 3.8) is 0 Å². The van der Waals surface area contributed by atoms with Crippen LogP contribution in [0, 0.1) is 0 Å². The second kappa shape index (κ2) is 8.30. The first-order chi connectivity index (χ1) is 11.7. The number of aromatic nitrogens is 4. The summed E-state index contributed by atoms with van der Waals surface area (Å²) in [7, 11) is 0.329. The molecule has 11 heteroatoms. The number of anilines is 2. The van der Waals surface area contributed by atoms with Gasteiger partial charge < -0.3 is 10.8 Å². The molecule has 25 heavy (non-hydrogen) atoms. The van der Waals surface area contributed by atoms with E-state index in [-0.39, 0.29) is 9.90 Å². The van der Waals surface area contributed by atoms with Gasteiger partial charge in [0.25, 0.3) is 0 Å². The summed E-state index contributed by atoms with van der Waals surface area (Å²) < 4.78 is 1.15. The van der Waals surface area contributed by atoms with Gasteiger partial charge in [-0.15, -0.1) is 11.3 Å². The highest BCUT2D eigenvalue weighted by Crippen LogP contribution is 2.41. The molecule has 0 aliphatic heterocycles. The summed E-state index contributed by atoms with van der Waals surface area (Å²) in [5.74, 6) is 2.53. The van der Waals surface area contributed by atoms with Crippen LogP contribution in [0.1, 0.15) is 24.5 Å². The summed E-state index contributed by atoms with van der Waals surface area (Å²) in [6.07, 6.45) is 4.06. The smallest absolute Gasteiger partial charge is 0.171 e. The molecule has 4 N–H and O–H groups in total. The van der Waals surface area contributed by atoms with Crippen LogP contribution in [0.3, 0.4) is 0 Å². The van der Waals surface area contributed by atoms with Crippen LogP contribution in [0.2, 0.25) is 5.02 Å². The van der Waals surface area contributed by atoms with Crippen molar-refractivity contribution in [2.45, 2.75) is 23.0 Å². The number of aromatic amines is 1. The van der Waals surface area contributed by atoms with E-state index in [9.17, 15) is 0 Å². The highest BCUT2D eigenvalue weighted by atomic mass is 35.5. The van der Waals surface area contributed by atoms with Crippen molar-refractivity contribution in [2.75, 3.05) is 5.32 Å². The van der Waals surface area contributed by atoms with Gasteiger partial charge in [0.2, 0.25) is 0 Å². The standard InChI is InChI=1S/C14H14ClN6PS2.H3P/c15-8-6-17-14(10-3-4-12(23-10)24-22-16)19-13(8)18-11-5-9(20-21-11)7-1-2-7;/h3-7,22H,1-2,16H2,(H2,17,18,19,20,21);1H3. The fraction of sp³-hybridized carbons (Fsp3) is 0.214. The van der Waals surface area contributed by atoms with Crippen LogP contribution < -0.4 is 10.8 Å². The molecular formula is C14H17ClN6P2S2. The van der Waals surface area contributed by atoms with Crippen LogP contribution in [0.4, 0.5) is 11.6 Å². The Kier molecular flexibility index (Phi) is 6.31. The average molecular weight is 431 g/mol. The van der Waals surface area contributed by atoms with E-state index in [1.807, 2.05) is 18.2 Å². The maximum absolute atomic E-state index is 6.23. The maximum atomic E-state index is 6.23. The number of nitrogens with two attached hydrogens (primary N) is 1. The number of rotatable bonds is 6. The van der Waals surface area contributed by atoms with Crippen LogP contribution in [-0.4, -0.2) is 20.2 Å². The lowest BCUT2D eigenvalue weighted by atomic mass is 10.3. The van der Waals surface area contributed by atoms with E-state index in [2.05, 4.69) is 25.5 Å². The molecule has 4 rings (SSSR count). The number of halogens is 1. The van der Waals surface area contributed by atoms with Gasteiger partial charge in [0.1, 0.15) is 5.02 Å². The van der Waals surface area contributed by atoms with E-state index < -0.39 is 0 Å². The number of nitrogens with zero attached hydrogens (tertiary/aromatic N) is 3. The van der Waals surface area contributed by atoms with Crippen molar-refractivity contribution in [1.82, 2.24) is 20.2 Å². The van der Waals surface area contributed by atoms with Crippen molar-refractivity contribution in [1.29, 1.82) is 0 Å². The minimum Gasteiger partial charge on any atom is -0.322 e. The Bertz CT molecular complexity index is 867. The summed E-state index contributed by atoms with van der Waals surface area (Å²) in [4.78, 5) is 9.86. The first kappa shape index (κ1) is 19.0. The van der Waals surface area contributed by atoms with E-state index in [1.165, 1.54) is 12.8 Å². The van der Waals surface area contributed by atoms with E-state index >= 15 is 0 Å². The lowest BCUT2D eigenvalue weighted by Crippen LogP contribution is -1.97. The molecule has 1 saturated carbocycles. The number of hydrogen-bond donors (Lipinski definition) is 3. The Morgan fingerprint density at radius 2 is 2.24 bits per heavy atom. The second-order valence-corrected chi connectivity index (χ2v) is 9.29. The number of nitrogens with one attached hydrogen (secondary N) is 2. The van der Waals surface area contributed by atoms with Crippen LogP contribution in [-0.2, 0) is 0 Å². The SMILES string of the molecule is NPSc1ccc(-c2ncc(Cl)c(Nc3cc(C4CC4)[nH]n3)n2)s1.P. The molecule has 0 radical (unpaired) electrons. The van der Waals surface area contributed by atoms with Crippen molar-refractivity contribution in [3.8, 4) is 10.7 Å². The summed E-state index contributed by atoms with van der Waals surface area (Å²) in [5.41, 5.74) is 6.75. The molecule has 3 aromatic heterocycles. The normalized spacial score (nSPS) is 14.0. The van der Waals surface area contributed by atoms with E-state index in [1.54, 1.807) is 28.9 Å². The number of thiophene rings is 1. The zero-order chi connectivity index (χ0) is 16.5. The highest BCUT2D eigenvalue weighted by molar-refractivity contribution is 8.49. The van der Waals surface area contributed by atoms with Crippen LogP contribution >= 0.6 is 52.2 Å². The molecule has 0 amide bonds. The number of hydrogen-bond acceptors (Lipinski definition) is 7. The zero-order valence-corrected chi connectivity index (χ0v) is 17.9. The predicted molar refractivity (Wildman–Crippen MR) is 114 cm³/mol. The molecule has 2 unspecified atom stereocenters. The molecule has 0 bridgehead atoms. The minimum atomic E-state index is 0.